The lowest BCUT2D eigenvalue weighted by molar-refractivity contribution is -0.146. The van der Waals surface area contributed by atoms with Crippen molar-refractivity contribution in [1.82, 2.24) is 9.55 Å². The van der Waals surface area contributed by atoms with Crippen LogP contribution in [0.4, 0.5) is 0 Å². The van der Waals surface area contributed by atoms with Crippen molar-refractivity contribution >= 4 is 40.8 Å². The summed E-state index contributed by atoms with van der Waals surface area (Å²) in [6, 6.07) is 11.5. The van der Waals surface area contributed by atoms with E-state index in [0.29, 0.717) is 34.1 Å². The first-order valence-electron chi connectivity index (χ1n) is 11.6. The Morgan fingerprint density at radius 1 is 1.03 bits per heavy atom. The van der Waals surface area contributed by atoms with E-state index in [9.17, 15) is 4.79 Å². The van der Waals surface area contributed by atoms with Crippen LogP contribution in [0, 0.1) is 5.92 Å². The van der Waals surface area contributed by atoms with Gasteiger partial charge in [-0.3, -0.25) is 4.79 Å². The lowest BCUT2D eigenvalue weighted by Crippen LogP contribution is -2.25. The Morgan fingerprint density at radius 2 is 1.61 bits per heavy atom. The third-order valence-corrected chi connectivity index (χ3v) is 6.78. The van der Waals surface area contributed by atoms with Crippen molar-refractivity contribution in [1.29, 1.82) is 0 Å². The third kappa shape index (κ3) is 7.55. The molecule has 36 heavy (non-hydrogen) atoms. The largest absolute Gasteiger partial charge is 0.492 e. The number of alkyl halides is 1. The number of carbonyl (C=O) groups is 1. The number of carbonyl (C=O) groups excluding carboxylic acids is 1. The minimum Gasteiger partial charge on any atom is -0.492 e. The van der Waals surface area contributed by atoms with Gasteiger partial charge in [-0.2, -0.15) is 0 Å². The van der Waals surface area contributed by atoms with Crippen molar-refractivity contribution in [3.05, 3.63) is 76.3 Å². The van der Waals surface area contributed by atoms with E-state index in [1.54, 1.807) is 18.6 Å². The predicted molar refractivity (Wildman–Crippen MR) is 144 cm³/mol. The normalized spacial score (nSPS) is 13.2. The highest BCUT2D eigenvalue weighted by Crippen LogP contribution is 2.38. The Kier molecular flexibility index (Phi) is 9.94. The number of imidazole rings is 1. The topological polar surface area (TPSA) is 62.6 Å². The average molecular weight is 554 g/mol. The molecule has 1 aromatic heterocycles. The van der Waals surface area contributed by atoms with Crippen LogP contribution < -0.4 is 9.47 Å². The number of halogens is 3. The number of esters is 1. The molecule has 0 aliphatic carbocycles. The molecule has 2 atom stereocenters. The molecule has 0 saturated heterocycles. The van der Waals surface area contributed by atoms with Gasteiger partial charge in [-0.15, -0.1) is 11.6 Å². The van der Waals surface area contributed by atoms with Gasteiger partial charge in [0.15, 0.2) is 0 Å². The number of hydrogen-bond donors (Lipinski definition) is 0. The second-order valence-corrected chi connectivity index (χ2v) is 10.4. The number of ether oxygens (including phenoxy) is 3. The van der Waals surface area contributed by atoms with Crippen LogP contribution in [0.1, 0.15) is 38.8 Å². The van der Waals surface area contributed by atoms with Crippen LogP contribution in [0.5, 0.6) is 11.5 Å². The summed E-state index contributed by atoms with van der Waals surface area (Å²) in [6.45, 7) is 9.13. The smallest absolute Gasteiger partial charge is 0.303 e. The van der Waals surface area contributed by atoms with Gasteiger partial charge in [0.2, 0.25) is 0 Å². The summed E-state index contributed by atoms with van der Waals surface area (Å²) in [7, 11) is 0. The van der Waals surface area contributed by atoms with Crippen LogP contribution in [0.15, 0.2) is 55.1 Å². The molecule has 0 saturated carbocycles. The number of benzene rings is 2. The van der Waals surface area contributed by atoms with Gasteiger partial charge < -0.3 is 18.8 Å². The fourth-order valence-electron chi connectivity index (χ4n) is 3.75. The van der Waals surface area contributed by atoms with Crippen LogP contribution in [-0.2, 0) is 21.5 Å². The molecule has 0 amide bonds. The van der Waals surface area contributed by atoms with Gasteiger partial charge in [-0.25, -0.2) is 4.98 Å². The zero-order valence-electron chi connectivity index (χ0n) is 20.8. The predicted octanol–water partition coefficient (Wildman–Crippen LogP) is 6.78. The van der Waals surface area contributed by atoms with Gasteiger partial charge in [0.05, 0.1) is 28.9 Å². The molecule has 0 N–H and O–H groups in total. The van der Waals surface area contributed by atoms with E-state index >= 15 is 0 Å². The van der Waals surface area contributed by atoms with E-state index in [2.05, 4.69) is 25.8 Å². The van der Waals surface area contributed by atoms with Crippen LogP contribution in [-0.4, -0.2) is 40.7 Å². The molecule has 0 aliphatic heterocycles. The SMILES string of the molecule is CC(=O)O[C@@H](CCl)COc1ccc(C(C)(C)c2ccc(OC[C@@H](C)Cn3ccnc3)c(Cl)c2)cc1Cl. The fraction of sp³-hybridized carbons (Fsp3) is 0.407. The number of nitrogens with zero attached hydrogens (tertiary/aromatic N) is 2. The van der Waals surface area contributed by atoms with Gasteiger partial charge >= 0.3 is 5.97 Å². The molecule has 0 radical (unpaired) electrons. The van der Waals surface area contributed by atoms with Crippen molar-refractivity contribution in [2.24, 2.45) is 5.92 Å². The van der Waals surface area contributed by atoms with Crippen molar-refractivity contribution in [2.45, 2.75) is 45.8 Å². The lowest BCUT2D eigenvalue weighted by atomic mass is 9.78. The van der Waals surface area contributed by atoms with Crippen LogP contribution in [0.3, 0.4) is 0 Å². The maximum absolute atomic E-state index is 11.2. The highest BCUT2D eigenvalue weighted by Gasteiger charge is 2.25. The quantitative estimate of drug-likeness (QED) is 0.183. The van der Waals surface area contributed by atoms with Crippen molar-refractivity contribution < 1.29 is 19.0 Å². The molecule has 0 fully saturated rings. The first-order valence-corrected chi connectivity index (χ1v) is 12.9. The zero-order chi connectivity index (χ0) is 26.3. The summed E-state index contributed by atoms with van der Waals surface area (Å²) in [5.74, 6) is 1.16. The van der Waals surface area contributed by atoms with Gasteiger partial charge in [-0.1, -0.05) is 56.1 Å². The van der Waals surface area contributed by atoms with Crippen LogP contribution in [0.2, 0.25) is 10.0 Å². The molecule has 0 bridgehead atoms. The number of hydrogen-bond acceptors (Lipinski definition) is 5. The van der Waals surface area contributed by atoms with E-state index in [4.69, 9.17) is 49.0 Å². The van der Waals surface area contributed by atoms with Gasteiger partial charge in [0, 0.05) is 37.2 Å². The van der Waals surface area contributed by atoms with Crippen LogP contribution >= 0.6 is 34.8 Å². The van der Waals surface area contributed by atoms with E-state index in [1.807, 2.05) is 41.1 Å². The molecule has 3 rings (SSSR count). The van der Waals surface area contributed by atoms with E-state index < -0.39 is 12.1 Å². The molecular formula is C27H31Cl3N2O4. The molecule has 194 valence electrons. The Bertz CT molecular complexity index is 1150. The summed E-state index contributed by atoms with van der Waals surface area (Å²) in [5.41, 5.74) is 1.63. The highest BCUT2D eigenvalue weighted by molar-refractivity contribution is 6.32. The summed E-state index contributed by atoms with van der Waals surface area (Å²) >= 11 is 19.0. The number of rotatable bonds is 12. The van der Waals surface area contributed by atoms with Gasteiger partial charge in [0.25, 0.3) is 0 Å². The average Bonchev–Trinajstić information content (AvgIpc) is 3.34. The van der Waals surface area contributed by atoms with E-state index in [1.165, 1.54) is 6.92 Å². The minimum atomic E-state index is -0.548. The Labute approximate surface area is 227 Å². The zero-order valence-corrected chi connectivity index (χ0v) is 23.1. The van der Waals surface area contributed by atoms with E-state index in [-0.39, 0.29) is 17.9 Å². The third-order valence-electron chi connectivity index (χ3n) is 5.84. The van der Waals surface area contributed by atoms with E-state index in [0.717, 1.165) is 17.7 Å². The molecule has 6 nitrogen and oxygen atoms in total. The molecule has 3 aromatic rings. The molecule has 0 unspecified atom stereocenters. The Morgan fingerprint density at radius 3 is 2.08 bits per heavy atom. The summed E-state index contributed by atoms with van der Waals surface area (Å²) in [6.07, 6.45) is 4.95. The van der Waals surface area contributed by atoms with Crippen LogP contribution in [0.25, 0.3) is 0 Å². The second kappa shape index (κ2) is 12.7. The first-order chi connectivity index (χ1) is 17.1. The van der Waals surface area contributed by atoms with Crippen molar-refractivity contribution in [3.8, 4) is 11.5 Å². The maximum Gasteiger partial charge on any atom is 0.303 e. The summed E-state index contributed by atoms with van der Waals surface area (Å²) in [4.78, 5) is 15.2. The summed E-state index contributed by atoms with van der Waals surface area (Å²) < 4.78 is 18.9. The second-order valence-electron chi connectivity index (χ2n) is 9.29. The maximum atomic E-state index is 11.2. The standard InChI is InChI=1S/C27H31Cl3N2O4/c1-18(14-32-10-9-31-17-32)15-34-25-7-5-20(11-23(25)29)27(3,4)21-6-8-26(24(30)12-21)35-16-22(13-28)36-19(2)33/h5-12,17-18,22H,13-16H2,1-4H3/t18-,22-/m0/s1. The molecule has 0 spiro atoms. The molecule has 9 heteroatoms. The fourth-order valence-corrected chi connectivity index (χ4v) is 4.37. The Hall–Kier alpha value is -2.41. The Balaban J connectivity index is 1.66. The van der Waals surface area contributed by atoms with Crippen molar-refractivity contribution in [3.63, 3.8) is 0 Å². The first kappa shape index (κ1) is 28.2. The summed E-state index contributed by atoms with van der Waals surface area (Å²) in [5, 5.41) is 1.01. The molecule has 1 heterocycles. The molecule has 0 aliphatic rings. The minimum absolute atomic E-state index is 0.115. The van der Waals surface area contributed by atoms with Gasteiger partial charge in [0.1, 0.15) is 24.2 Å². The monoisotopic (exact) mass is 552 g/mol. The molecular weight excluding hydrogens is 523 g/mol. The lowest BCUT2D eigenvalue weighted by Gasteiger charge is -2.27. The number of aromatic nitrogens is 2. The van der Waals surface area contributed by atoms with Gasteiger partial charge in [-0.05, 0) is 35.4 Å². The van der Waals surface area contributed by atoms with Crippen molar-refractivity contribution in [2.75, 3.05) is 19.1 Å². The highest BCUT2D eigenvalue weighted by atomic mass is 35.5. The molecule has 2 aromatic carbocycles.